The summed E-state index contributed by atoms with van der Waals surface area (Å²) in [7, 11) is 0.0633. The van der Waals surface area contributed by atoms with Gasteiger partial charge in [-0.05, 0) is 44.4 Å². The normalized spacial score (nSPS) is 17.5. The molecule has 2 aromatic rings. The van der Waals surface area contributed by atoms with Gasteiger partial charge in [-0.25, -0.2) is 13.1 Å². The summed E-state index contributed by atoms with van der Waals surface area (Å²) >= 11 is 0. The van der Waals surface area contributed by atoms with Gasteiger partial charge in [0.1, 0.15) is 0 Å². The summed E-state index contributed by atoms with van der Waals surface area (Å²) in [5.74, 6) is 1.19. The largest absolute Gasteiger partial charge is 0.352 e. The molecule has 1 aliphatic heterocycles. The molecule has 0 saturated carbocycles. The van der Waals surface area contributed by atoms with E-state index in [0.29, 0.717) is 18.0 Å². The number of hydrogen-bond acceptors (Lipinski definition) is 4. The molecule has 2 heterocycles. The highest BCUT2D eigenvalue weighted by molar-refractivity contribution is 14.0. The summed E-state index contributed by atoms with van der Waals surface area (Å²) in [6.07, 6.45) is 5.02. The molecule has 10 heteroatoms. The van der Waals surface area contributed by atoms with Crippen LogP contribution in [0, 0.1) is 0 Å². The number of aliphatic imine (C=N–C) groups is 1. The third-order valence-electron chi connectivity index (χ3n) is 5.04. The minimum absolute atomic E-state index is 0. The standard InChI is InChI=1S/C21H32N6O2S.HI/c1-21(2,3)25-30(28,29)19-9-7-6-8-16(19)12-23-20(22-4)27-11-10-17(15-27)18-13-24-26(5)14-18;/h6-9,13-14,17,25H,10-12,15H2,1-5H3,(H,22,23);1H. The van der Waals surface area contributed by atoms with E-state index >= 15 is 0 Å². The molecule has 1 aromatic carbocycles. The lowest BCUT2D eigenvalue weighted by atomic mass is 10.0. The zero-order valence-electron chi connectivity index (χ0n) is 18.8. The maximum Gasteiger partial charge on any atom is 0.241 e. The molecular weight excluding hydrogens is 527 g/mol. The smallest absolute Gasteiger partial charge is 0.241 e. The van der Waals surface area contributed by atoms with E-state index in [1.807, 2.05) is 50.8 Å². The quantitative estimate of drug-likeness (QED) is 0.334. The number of likely N-dealkylation sites (tertiary alicyclic amines) is 1. The van der Waals surface area contributed by atoms with Gasteiger partial charge < -0.3 is 10.2 Å². The molecule has 0 amide bonds. The second-order valence-corrected chi connectivity index (χ2v) is 10.4. The summed E-state index contributed by atoms with van der Waals surface area (Å²) in [4.78, 5) is 6.92. The average molecular weight is 561 g/mol. The topological polar surface area (TPSA) is 91.6 Å². The number of aromatic nitrogens is 2. The Morgan fingerprint density at radius 2 is 2.00 bits per heavy atom. The van der Waals surface area contributed by atoms with E-state index in [9.17, 15) is 8.42 Å². The van der Waals surface area contributed by atoms with Crippen molar-refractivity contribution in [1.82, 2.24) is 24.7 Å². The number of aryl methyl sites for hydroxylation is 1. The van der Waals surface area contributed by atoms with Gasteiger partial charge in [0, 0.05) is 51.4 Å². The van der Waals surface area contributed by atoms with Gasteiger partial charge in [-0.3, -0.25) is 9.67 Å². The number of halogens is 1. The van der Waals surface area contributed by atoms with E-state index in [-0.39, 0.29) is 28.9 Å². The minimum Gasteiger partial charge on any atom is -0.352 e. The first-order chi connectivity index (χ1) is 14.1. The maximum absolute atomic E-state index is 12.9. The second kappa shape index (κ2) is 10.3. The molecule has 1 saturated heterocycles. The fraction of sp³-hybridized carbons (Fsp3) is 0.524. The van der Waals surface area contributed by atoms with Crippen molar-refractivity contribution in [3.8, 4) is 0 Å². The number of hydrogen-bond donors (Lipinski definition) is 2. The van der Waals surface area contributed by atoms with Crippen LogP contribution >= 0.6 is 24.0 Å². The van der Waals surface area contributed by atoms with Crippen molar-refractivity contribution in [3.63, 3.8) is 0 Å². The molecule has 1 atom stereocenters. The fourth-order valence-corrected chi connectivity index (χ4v) is 5.41. The first-order valence-corrected chi connectivity index (χ1v) is 11.6. The van der Waals surface area contributed by atoms with Crippen LogP contribution in [0.25, 0.3) is 0 Å². The Hall–Kier alpha value is -1.66. The molecule has 1 aliphatic rings. The number of nitrogens with zero attached hydrogens (tertiary/aromatic N) is 4. The summed E-state index contributed by atoms with van der Waals surface area (Å²) < 4.78 is 30.3. The predicted molar refractivity (Wildman–Crippen MR) is 134 cm³/mol. The van der Waals surface area contributed by atoms with Crippen LogP contribution in [-0.4, -0.2) is 54.7 Å². The average Bonchev–Trinajstić information content (AvgIpc) is 3.30. The monoisotopic (exact) mass is 560 g/mol. The summed E-state index contributed by atoms with van der Waals surface area (Å²) in [6.45, 7) is 7.63. The molecule has 0 radical (unpaired) electrons. The Balaban J connectivity index is 0.00000341. The Morgan fingerprint density at radius 1 is 1.29 bits per heavy atom. The molecule has 8 nitrogen and oxygen atoms in total. The SMILES string of the molecule is CN=C(NCc1ccccc1S(=O)(=O)NC(C)(C)C)N1CCC(c2cnn(C)c2)C1.I. The fourth-order valence-electron chi connectivity index (χ4n) is 3.75. The third kappa shape index (κ3) is 6.66. The third-order valence-corrected chi connectivity index (χ3v) is 6.89. The lowest BCUT2D eigenvalue weighted by Crippen LogP contribution is -2.42. The van der Waals surface area contributed by atoms with Crippen molar-refractivity contribution in [2.75, 3.05) is 20.1 Å². The molecule has 2 N–H and O–H groups in total. The van der Waals surface area contributed by atoms with Crippen molar-refractivity contribution in [1.29, 1.82) is 0 Å². The molecule has 1 fully saturated rings. The van der Waals surface area contributed by atoms with Gasteiger partial charge in [0.2, 0.25) is 10.0 Å². The maximum atomic E-state index is 12.9. The lowest BCUT2D eigenvalue weighted by molar-refractivity contribution is 0.483. The Morgan fingerprint density at radius 3 is 2.61 bits per heavy atom. The van der Waals surface area contributed by atoms with E-state index < -0.39 is 15.6 Å². The number of guanidine groups is 1. The molecule has 31 heavy (non-hydrogen) atoms. The number of nitrogens with one attached hydrogen (secondary N) is 2. The molecule has 0 bridgehead atoms. The number of rotatable bonds is 5. The van der Waals surface area contributed by atoms with E-state index in [0.717, 1.165) is 25.5 Å². The van der Waals surface area contributed by atoms with Crippen molar-refractivity contribution < 1.29 is 8.42 Å². The van der Waals surface area contributed by atoms with Gasteiger partial charge in [-0.15, -0.1) is 24.0 Å². The van der Waals surface area contributed by atoms with Crippen LogP contribution in [0.5, 0.6) is 0 Å². The van der Waals surface area contributed by atoms with Gasteiger partial charge in [0.15, 0.2) is 5.96 Å². The highest BCUT2D eigenvalue weighted by Gasteiger charge is 2.28. The van der Waals surface area contributed by atoms with Crippen LogP contribution in [0.2, 0.25) is 0 Å². The zero-order chi connectivity index (χ0) is 21.9. The zero-order valence-corrected chi connectivity index (χ0v) is 21.9. The molecule has 3 rings (SSSR count). The van der Waals surface area contributed by atoms with Crippen molar-refractivity contribution in [2.24, 2.45) is 12.0 Å². The molecule has 1 aromatic heterocycles. The first kappa shape index (κ1) is 25.6. The van der Waals surface area contributed by atoms with Crippen LogP contribution in [-0.2, 0) is 23.6 Å². The highest BCUT2D eigenvalue weighted by atomic mass is 127. The number of sulfonamides is 1. The van der Waals surface area contributed by atoms with Crippen LogP contribution in [0.4, 0.5) is 0 Å². The van der Waals surface area contributed by atoms with Crippen molar-refractivity contribution in [2.45, 2.75) is 50.1 Å². The van der Waals surface area contributed by atoms with Crippen molar-refractivity contribution in [3.05, 3.63) is 47.8 Å². The molecule has 0 spiro atoms. The van der Waals surface area contributed by atoms with Gasteiger partial charge >= 0.3 is 0 Å². The van der Waals surface area contributed by atoms with Gasteiger partial charge in [0.05, 0.1) is 11.1 Å². The van der Waals surface area contributed by atoms with Gasteiger partial charge in [0.25, 0.3) is 0 Å². The summed E-state index contributed by atoms with van der Waals surface area (Å²) in [6, 6.07) is 7.07. The molecular formula is C21H33IN6O2S. The second-order valence-electron chi connectivity index (χ2n) is 8.74. The van der Waals surface area contributed by atoms with Gasteiger partial charge in [-0.2, -0.15) is 5.10 Å². The molecule has 0 aliphatic carbocycles. The predicted octanol–water partition coefficient (Wildman–Crippen LogP) is 2.68. The van der Waals surface area contributed by atoms with E-state index in [1.165, 1.54) is 5.56 Å². The highest BCUT2D eigenvalue weighted by Crippen LogP contribution is 2.27. The first-order valence-electron chi connectivity index (χ1n) is 10.1. The van der Waals surface area contributed by atoms with Gasteiger partial charge in [-0.1, -0.05) is 18.2 Å². The number of benzene rings is 1. The van der Waals surface area contributed by atoms with E-state index in [2.05, 4.69) is 31.2 Å². The van der Waals surface area contributed by atoms with Crippen LogP contribution in [0.3, 0.4) is 0 Å². The lowest BCUT2D eigenvalue weighted by Gasteiger charge is -2.23. The Bertz CT molecular complexity index is 1010. The minimum atomic E-state index is -3.62. The molecule has 1 unspecified atom stereocenters. The van der Waals surface area contributed by atoms with E-state index in [4.69, 9.17) is 0 Å². The Labute approximate surface area is 202 Å². The Kier molecular flexibility index (Phi) is 8.51. The molecule has 172 valence electrons. The van der Waals surface area contributed by atoms with E-state index in [1.54, 1.807) is 19.2 Å². The van der Waals surface area contributed by atoms with Crippen LogP contribution in [0.1, 0.15) is 44.2 Å². The summed E-state index contributed by atoms with van der Waals surface area (Å²) in [5.41, 5.74) is 1.39. The summed E-state index contributed by atoms with van der Waals surface area (Å²) in [5, 5.41) is 7.62. The van der Waals surface area contributed by atoms with Crippen LogP contribution in [0.15, 0.2) is 46.5 Å². The van der Waals surface area contributed by atoms with Crippen LogP contribution < -0.4 is 10.0 Å². The van der Waals surface area contributed by atoms with Crippen molar-refractivity contribution >= 4 is 40.0 Å².